The molecule has 1 saturated carbocycles. The van der Waals surface area contributed by atoms with Crippen molar-refractivity contribution >= 4 is 38.5 Å². The molecular weight excluding hydrogens is 480 g/mol. The van der Waals surface area contributed by atoms with Crippen LogP contribution in [0.5, 0.6) is 5.75 Å². The van der Waals surface area contributed by atoms with Crippen molar-refractivity contribution in [3.8, 4) is 5.75 Å². The maximum Gasteiger partial charge on any atom is 0.261 e. The fourth-order valence-corrected chi connectivity index (χ4v) is 4.57. The van der Waals surface area contributed by atoms with E-state index in [1.54, 1.807) is 11.8 Å². The summed E-state index contributed by atoms with van der Waals surface area (Å²) in [6, 6.07) is 21.1. The Morgan fingerprint density at radius 1 is 1.03 bits per heavy atom. The van der Waals surface area contributed by atoms with Crippen molar-refractivity contribution in [3.05, 3.63) is 76.8 Å². The molecule has 0 bridgehead atoms. The van der Waals surface area contributed by atoms with Gasteiger partial charge in [0.05, 0.1) is 0 Å². The first-order chi connectivity index (χ1) is 16.0. The van der Waals surface area contributed by atoms with E-state index in [1.165, 1.54) is 0 Å². The second kappa shape index (κ2) is 10.8. The molecule has 1 atom stereocenters. The Morgan fingerprint density at radius 3 is 2.48 bits per heavy atom. The standard InChI is InChI=1S/C27H29BrN2O3/c1-19(27(32)29-23-9-3-4-10-23)30(17-20-13-15-22(28)16-14-20)26(31)18-33-25-12-6-8-21-7-2-5-11-24(21)25/h2,5-8,11-16,19,23H,3-4,9-10,17-18H2,1H3,(H,29,32). The number of rotatable bonds is 8. The largest absolute Gasteiger partial charge is 0.483 e. The molecule has 1 fully saturated rings. The number of benzene rings is 3. The van der Waals surface area contributed by atoms with Crippen molar-refractivity contribution in [2.75, 3.05) is 6.61 Å². The molecule has 0 saturated heterocycles. The van der Waals surface area contributed by atoms with E-state index in [-0.39, 0.29) is 24.5 Å². The maximum absolute atomic E-state index is 13.3. The molecule has 33 heavy (non-hydrogen) atoms. The zero-order chi connectivity index (χ0) is 23.2. The summed E-state index contributed by atoms with van der Waals surface area (Å²) in [5.74, 6) is 0.325. The van der Waals surface area contributed by atoms with Crippen LogP contribution in [0.2, 0.25) is 0 Å². The molecule has 0 radical (unpaired) electrons. The summed E-state index contributed by atoms with van der Waals surface area (Å²) >= 11 is 3.45. The highest BCUT2D eigenvalue weighted by Gasteiger charge is 2.28. The van der Waals surface area contributed by atoms with Gasteiger partial charge in [0.25, 0.3) is 5.91 Å². The lowest BCUT2D eigenvalue weighted by Gasteiger charge is -2.29. The van der Waals surface area contributed by atoms with Crippen molar-refractivity contribution in [3.63, 3.8) is 0 Å². The van der Waals surface area contributed by atoms with Gasteiger partial charge in [0.1, 0.15) is 11.8 Å². The Labute approximate surface area is 203 Å². The number of hydrogen-bond donors (Lipinski definition) is 1. The van der Waals surface area contributed by atoms with Crippen LogP contribution in [0.3, 0.4) is 0 Å². The summed E-state index contributed by atoms with van der Waals surface area (Å²) in [5, 5.41) is 5.14. The van der Waals surface area contributed by atoms with Crippen LogP contribution in [0.1, 0.15) is 38.2 Å². The molecule has 6 heteroatoms. The van der Waals surface area contributed by atoms with Gasteiger partial charge in [-0.25, -0.2) is 0 Å². The molecule has 4 rings (SSSR count). The van der Waals surface area contributed by atoms with Crippen LogP contribution in [-0.4, -0.2) is 35.4 Å². The first-order valence-electron chi connectivity index (χ1n) is 11.5. The first kappa shape index (κ1) is 23.3. The van der Waals surface area contributed by atoms with Gasteiger partial charge < -0.3 is 15.0 Å². The second-order valence-electron chi connectivity index (χ2n) is 8.58. The molecule has 3 aromatic rings. The number of halogens is 1. The van der Waals surface area contributed by atoms with E-state index in [4.69, 9.17) is 4.74 Å². The highest BCUT2D eigenvalue weighted by atomic mass is 79.9. The van der Waals surface area contributed by atoms with Crippen LogP contribution in [0.25, 0.3) is 10.8 Å². The molecule has 0 heterocycles. The third kappa shape index (κ3) is 5.93. The second-order valence-corrected chi connectivity index (χ2v) is 9.50. The SMILES string of the molecule is CC(C(=O)NC1CCCC1)N(Cc1ccc(Br)cc1)C(=O)COc1cccc2ccccc12. The van der Waals surface area contributed by atoms with Gasteiger partial charge >= 0.3 is 0 Å². The first-order valence-corrected chi connectivity index (χ1v) is 12.3. The van der Waals surface area contributed by atoms with E-state index in [0.717, 1.165) is 46.5 Å². The summed E-state index contributed by atoms with van der Waals surface area (Å²) in [5.41, 5.74) is 0.956. The van der Waals surface area contributed by atoms with Gasteiger partial charge in [0, 0.05) is 22.4 Å². The van der Waals surface area contributed by atoms with Gasteiger partial charge in [0.2, 0.25) is 5.91 Å². The number of amides is 2. The summed E-state index contributed by atoms with van der Waals surface area (Å²) < 4.78 is 6.92. The molecule has 1 N–H and O–H groups in total. The fourth-order valence-electron chi connectivity index (χ4n) is 4.31. The fraction of sp³-hybridized carbons (Fsp3) is 0.333. The highest BCUT2D eigenvalue weighted by molar-refractivity contribution is 9.10. The number of nitrogens with one attached hydrogen (secondary N) is 1. The van der Waals surface area contributed by atoms with Gasteiger partial charge in [-0.2, -0.15) is 0 Å². The third-order valence-corrected chi connectivity index (χ3v) is 6.76. The highest BCUT2D eigenvalue weighted by Crippen LogP contribution is 2.25. The molecule has 0 aromatic heterocycles. The van der Waals surface area contributed by atoms with Crippen LogP contribution < -0.4 is 10.1 Å². The topological polar surface area (TPSA) is 58.6 Å². The van der Waals surface area contributed by atoms with E-state index < -0.39 is 6.04 Å². The molecule has 5 nitrogen and oxygen atoms in total. The lowest BCUT2D eigenvalue weighted by Crippen LogP contribution is -2.50. The van der Waals surface area contributed by atoms with Gasteiger partial charge in [-0.3, -0.25) is 9.59 Å². The zero-order valence-electron chi connectivity index (χ0n) is 18.8. The van der Waals surface area contributed by atoms with Crippen molar-refractivity contribution in [2.24, 2.45) is 0 Å². The maximum atomic E-state index is 13.3. The van der Waals surface area contributed by atoms with Crippen LogP contribution >= 0.6 is 15.9 Å². The summed E-state index contributed by atoms with van der Waals surface area (Å²) in [4.78, 5) is 27.9. The molecule has 0 spiro atoms. The van der Waals surface area contributed by atoms with E-state index >= 15 is 0 Å². The lowest BCUT2D eigenvalue weighted by atomic mass is 10.1. The van der Waals surface area contributed by atoms with Crippen molar-refractivity contribution in [1.82, 2.24) is 10.2 Å². The zero-order valence-corrected chi connectivity index (χ0v) is 20.4. The molecule has 1 aliphatic rings. The quantitative estimate of drug-likeness (QED) is 0.439. The molecule has 172 valence electrons. The van der Waals surface area contributed by atoms with Crippen LogP contribution in [-0.2, 0) is 16.1 Å². The minimum Gasteiger partial charge on any atom is -0.483 e. The van der Waals surface area contributed by atoms with Crippen LogP contribution in [0, 0.1) is 0 Å². The lowest BCUT2D eigenvalue weighted by molar-refractivity contribution is -0.142. The van der Waals surface area contributed by atoms with Gasteiger partial charge in [-0.05, 0) is 48.9 Å². The monoisotopic (exact) mass is 508 g/mol. The summed E-state index contributed by atoms with van der Waals surface area (Å²) in [6.45, 7) is 1.99. The van der Waals surface area contributed by atoms with E-state index in [2.05, 4.69) is 21.2 Å². The van der Waals surface area contributed by atoms with Crippen LogP contribution in [0.15, 0.2) is 71.2 Å². The van der Waals surface area contributed by atoms with Crippen LogP contribution in [0.4, 0.5) is 0 Å². The molecule has 2 amide bonds. The molecule has 0 aliphatic heterocycles. The number of carbonyl (C=O) groups is 2. The predicted molar refractivity (Wildman–Crippen MR) is 134 cm³/mol. The number of nitrogens with zero attached hydrogens (tertiary/aromatic N) is 1. The smallest absolute Gasteiger partial charge is 0.261 e. The van der Waals surface area contributed by atoms with Gasteiger partial charge in [-0.1, -0.05) is 77.3 Å². The normalized spacial score (nSPS) is 14.7. The number of carbonyl (C=O) groups excluding carboxylic acids is 2. The van der Waals surface area contributed by atoms with E-state index in [0.29, 0.717) is 12.3 Å². The Balaban J connectivity index is 1.50. The number of hydrogen-bond acceptors (Lipinski definition) is 3. The molecule has 3 aromatic carbocycles. The van der Waals surface area contributed by atoms with Gasteiger partial charge in [-0.15, -0.1) is 0 Å². The average Bonchev–Trinajstić information content (AvgIpc) is 3.34. The molecule has 1 unspecified atom stereocenters. The molecular formula is C27H29BrN2O3. The third-order valence-electron chi connectivity index (χ3n) is 6.24. The Kier molecular flexibility index (Phi) is 7.65. The predicted octanol–water partition coefficient (Wildman–Crippen LogP) is 5.46. The summed E-state index contributed by atoms with van der Waals surface area (Å²) in [6.07, 6.45) is 4.28. The average molecular weight is 509 g/mol. The number of fused-ring (bicyclic) bond motifs is 1. The Morgan fingerprint density at radius 2 is 1.73 bits per heavy atom. The van der Waals surface area contributed by atoms with Crippen molar-refractivity contribution in [2.45, 2.75) is 51.2 Å². The van der Waals surface area contributed by atoms with Gasteiger partial charge in [0.15, 0.2) is 6.61 Å². The Bertz CT molecular complexity index is 1100. The van der Waals surface area contributed by atoms with Crippen molar-refractivity contribution < 1.29 is 14.3 Å². The molecule has 1 aliphatic carbocycles. The minimum atomic E-state index is -0.599. The Hall–Kier alpha value is -2.86. The van der Waals surface area contributed by atoms with Crippen molar-refractivity contribution in [1.29, 1.82) is 0 Å². The summed E-state index contributed by atoms with van der Waals surface area (Å²) in [7, 11) is 0. The van der Waals surface area contributed by atoms with E-state index in [9.17, 15) is 9.59 Å². The minimum absolute atomic E-state index is 0.113. The van der Waals surface area contributed by atoms with E-state index in [1.807, 2.05) is 66.7 Å². The number of ether oxygens (including phenoxy) is 1.